The lowest BCUT2D eigenvalue weighted by Gasteiger charge is -2.29. The van der Waals surface area contributed by atoms with E-state index < -0.39 is 5.97 Å². The van der Waals surface area contributed by atoms with E-state index >= 15 is 0 Å². The minimum absolute atomic E-state index is 0.0775. The van der Waals surface area contributed by atoms with E-state index in [1.165, 1.54) is 6.42 Å². The highest BCUT2D eigenvalue weighted by molar-refractivity contribution is 6.08. The van der Waals surface area contributed by atoms with Crippen LogP contribution in [0.3, 0.4) is 0 Å². The van der Waals surface area contributed by atoms with Crippen LogP contribution in [0.1, 0.15) is 38.2 Å². The molecular formula is C23H25NO4. The van der Waals surface area contributed by atoms with Crippen LogP contribution >= 0.6 is 0 Å². The summed E-state index contributed by atoms with van der Waals surface area (Å²) in [5.74, 6) is -0.184. The molecule has 3 aromatic rings. The first-order chi connectivity index (χ1) is 13.6. The molecule has 5 nitrogen and oxygen atoms in total. The summed E-state index contributed by atoms with van der Waals surface area (Å²) in [6.07, 6.45) is 6.16. The van der Waals surface area contributed by atoms with Gasteiger partial charge in [0.1, 0.15) is 5.58 Å². The van der Waals surface area contributed by atoms with Crippen molar-refractivity contribution >= 4 is 33.6 Å². The lowest BCUT2D eigenvalue weighted by Crippen LogP contribution is -2.42. The van der Waals surface area contributed by atoms with Gasteiger partial charge in [-0.05, 0) is 35.6 Å². The molecule has 1 amide bonds. The Labute approximate surface area is 164 Å². The van der Waals surface area contributed by atoms with Crippen LogP contribution < -0.4 is 5.32 Å². The molecule has 1 saturated carbocycles. The van der Waals surface area contributed by atoms with Gasteiger partial charge in [-0.1, -0.05) is 50.1 Å². The molecule has 1 aromatic heterocycles. The molecule has 1 N–H and O–H groups in total. The highest BCUT2D eigenvalue weighted by Gasteiger charge is 2.23. The number of amides is 1. The number of carbonyl (C=O) groups excluding carboxylic acids is 2. The first-order valence-electron chi connectivity index (χ1n) is 9.94. The number of nitrogens with one attached hydrogen (secondary N) is 1. The Morgan fingerprint density at radius 3 is 2.82 bits per heavy atom. The maximum Gasteiger partial charge on any atom is 0.310 e. The zero-order valence-corrected chi connectivity index (χ0v) is 16.1. The zero-order valence-electron chi connectivity index (χ0n) is 16.1. The molecule has 0 saturated heterocycles. The lowest BCUT2D eigenvalue weighted by molar-refractivity contribution is -0.148. The SMILES string of the molecule is C[C@@H]1CCCC[C@H]1NC(=O)COC(=O)Cc1coc2ccc3ccccc3c12. The summed E-state index contributed by atoms with van der Waals surface area (Å²) in [4.78, 5) is 24.5. The first-order valence-corrected chi connectivity index (χ1v) is 9.94. The Balaban J connectivity index is 1.39. The third-order valence-corrected chi connectivity index (χ3v) is 5.70. The van der Waals surface area contributed by atoms with Gasteiger partial charge >= 0.3 is 5.97 Å². The molecule has 0 radical (unpaired) electrons. The van der Waals surface area contributed by atoms with Crippen LogP contribution in [0.2, 0.25) is 0 Å². The molecule has 1 aliphatic carbocycles. The quantitative estimate of drug-likeness (QED) is 0.669. The molecule has 0 spiro atoms. The molecule has 146 valence electrons. The number of hydrogen-bond acceptors (Lipinski definition) is 4. The Bertz CT molecular complexity index is 1010. The van der Waals surface area contributed by atoms with Crippen molar-refractivity contribution in [3.8, 4) is 0 Å². The van der Waals surface area contributed by atoms with E-state index in [1.54, 1.807) is 6.26 Å². The zero-order chi connectivity index (χ0) is 19.5. The smallest absolute Gasteiger partial charge is 0.310 e. The van der Waals surface area contributed by atoms with E-state index in [-0.39, 0.29) is 25.0 Å². The van der Waals surface area contributed by atoms with E-state index in [0.29, 0.717) is 5.92 Å². The van der Waals surface area contributed by atoms with E-state index in [2.05, 4.69) is 12.2 Å². The molecular weight excluding hydrogens is 354 g/mol. The number of benzene rings is 2. The molecule has 0 aliphatic heterocycles. The second-order valence-electron chi connectivity index (χ2n) is 7.69. The van der Waals surface area contributed by atoms with Gasteiger partial charge in [0.15, 0.2) is 6.61 Å². The summed E-state index contributed by atoms with van der Waals surface area (Å²) in [7, 11) is 0. The van der Waals surface area contributed by atoms with E-state index in [0.717, 1.165) is 46.6 Å². The summed E-state index contributed by atoms with van der Waals surface area (Å²) in [5.41, 5.74) is 1.52. The van der Waals surface area contributed by atoms with Crippen LogP contribution in [0.4, 0.5) is 0 Å². The Morgan fingerprint density at radius 1 is 1.14 bits per heavy atom. The van der Waals surface area contributed by atoms with Crippen LogP contribution in [0.15, 0.2) is 47.1 Å². The fourth-order valence-corrected chi connectivity index (χ4v) is 4.14. The average Bonchev–Trinajstić information content (AvgIpc) is 3.11. The van der Waals surface area contributed by atoms with Crippen molar-refractivity contribution in [3.63, 3.8) is 0 Å². The summed E-state index contributed by atoms with van der Waals surface area (Å²) in [6.45, 7) is 1.92. The van der Waals surface area contributed by atoms with E-state index in [4.69, 9.17) is 9.15 Å². The third kappa shape index (κ3) is 3.88. The van der Waals surface area contributed by atoms with Crippen molar-refractivity contribution in [1.29, 1.82) is 0 Å². The molecule has 2 aromatic carbocycles. The summed E-state index contributed by atoms with van der Waals surface area (Å²) in [6, 6.07) is 12.1. The van der Waals surface area contributed by atoms with Gasteiger partial charge in [0, 0.05) is 17.0 Å². The van der Waals surface area contributed by atoms with Gasteiger partial charge in [-0.25, -0.2) is 0 Å². The van der Waals surface area contributed by atoms with Crippen molar-refractivity contribution in [3.05, 3.63) is 48.2 Å². The van der Waals surface area contributed by atoms with E-state index in [1.807, 2.05) is 36.4 Å². The molecule has 1 aliphatic rings. The van der Waals surface area contributed by atoms with Gasteiger partial charge in [-0.3, -0.25) is 9.59 Å². The van der Waals surface area contributed by atoms with Crippen LogP contribution in [-0.4, -0.2) is 24.5 Å². The van der Waals surface area contributed by atoms with Crippen LogP contribution in [0, 0.1) is 5.92 Å². The number of esters is 1. The number of hydrogen-bond donors (Lipinski definition) is 1. The predicted molar refractivity (Wildman–Crippen MR) is 108 cm³/mol. The predicted octanol–water partition coefficient (Wildman–Crippen LogP) is 4.37. The summed E-state index contributed by atoms with van der Waals surface area (Å²) >= 11 is 0. The Kier molecular flexibility index (Phi) is 5.33. The normalized spacial score (nSPS) is 19.6. The van der Waals surface area contributed by atoms with Crippen LogP contribution in [0.5, 0.6) is 0 Å². The van der Waals surface area contributed by atoms with Gasteiger partial charge < -0.3 is 14.5 Å². The number of ether oxygens (including phenoxy) is 1. The number of fused-ring (bicyclic) bond motifs is 3. The van der Waals surface area contributed by atoms with Crippen molar-refractivity contribution in [2.75, 3.05) is 6.61 Å². The largest absolute Gasteiger partial charge is 0.464 e. The molecule has 2 atom stereocenters. The maximum atomic E-state index is 12.3. The summed E-state index contributed by atoms with van der Waals surface area (Å²) in [5, 5.41) is 6.06. The highest BCUT2D eigenvalue weighted by Crippen LogP contribution is 2.30. The molecule has 1 heterocycles. The van der Waals surface area contributed by atoms with Gasteiger partial charge in [0.25, 0.3) is 5.91 Å². The van der Waals surface area contributed by atoms with Gasteiger partial charge in [0.2, 0.25) is 0 Å². The molecule has 0 bridgehead atoms. The van der Waals surface area contributed by atoms with Gasteiger partial charge in [0.05, 0.1) is 12.7 Å². The van der Waals surface area contributed by atoms with Gasteiger partial charge in [-0.2, -0.15) is 0 Å². The minimum Gasteiger partial charge on any atom is -0.464 e. The molecule has 28 heavy (non-hydrogen) atoms. The topological polar surface area (TPSA) is 68.5 Å². The average molecular weight is 379 g/mol. The lowest BCUT2D eigenvalue weighted by atomic mass is 9.86. The number of furan rings is 1. The molecule has 5 heteroatoms. The standard InChI is InChI=1S/C23H25NO4/c1-15-6-2-5-9-19(15)24-21(25)14-28-22(26)12-17-13-27-20-11-10-16-7-3-4-8-18(16)23(17)20/h3-4,7-8,10-11,13,15,19H,2,5-6,9,12,14H2,1H3,(H,24,25)/t15-,19-/m1/s1. The minimum atomic E-state index is -0.428. The molecule has 0 unspecified atom stereocenters. The molecule has 4 rings (SSSR count). The second kappa shape index (κ2) is 8.05. The Hall–Kier alpha value is -2.82. The van der Waals surface area contributed by atoms with E-state index in [9.17, 15) is 9.59 Å². The maximum absolute atomic E-state index is 12.3. The number of carbonyl (C=O) groups is 2. The fraction of sp³-hybridized carbons (Fsp3) is 0.391. The van der Waals surface area contributed by atoms with Crippen LogP contribution in [-0.2, 0) is 20.7 Å². The summed E-state index contributed by atoms with van der Waals surface area (Å²) < 4.78 is 10.8. The monoisotopic (exact) mass is 379 g/mol. The highest BCUT2D eigenvalue weighted by atomic mass is 16.5. The van der Waals surface area contributed by atoms with Crippen LogP contribution in [0.25, 0.3) is 21.7 Å². The second-order valence-corrected chi connectivity index (χ2v) is 7.69. The molecule has 1 fully saturated rings. The van der Waals surface area contributed by atoms with Gasteiger partial charge in [-0.15, -0.1) is 0 Å². The van der Waals surface area contributed by atoms with Crippen molar-refractivity contribution in [1.82, 2.24) is 5.32 Å². The first kappa shape index (κ1) is 18.5. The van der Waals surface area contributed by atoms with Crippen molar-refractivity contribution in [2.24, 2.45) is 5.92 Å². The van der Waals surface area contributed by atoms with Crippen molar-refractivity contribution in [2.45, 2.75) is 45.1 Å². The van der Waals surface area contributed by atoms with Crippen molar-refractivity contribution < 1.29 is 18.7 Å². The fourth-order valence-electron chi connectivity index (χ4n) is 4.14. The third-order valence-electron chi connectivity index (χ3n) is 5.70. The number of rotatable bonds is 5. The Morgan fingerprint density at radius 2 is 1.96 bits per heavy atom.